The van der Waals surface area contributed by atoms with E-state index in [9.17, 15) is 9.59 Å². The molecule has 4 heteroatoms. The van der Waals surface area contributed by atoms with Gasteiger partial charge in [0.1, 0.15) is 0 Å². The smallest absolute Gasteiger partial charge is 0.223 e. The van der Waals surface area contributed by atoms with E-state index >= 15 is 0 Å². The Bertz CT molecular complexity index is 377. The summed E-state index contributed by atoms with van der Waals surface area (Å²) < 4.78 is 0. The molecule has 0 spiro atoms. The second-order valence-electron chi connectivity index (χ2n) is 8.24. The Morgan fingerprint density at radius 1 is 0.500 bits per heavy atom. The van der Waals surface area contributed by atoms with Crippen LogP contribution in [0.5, 0.6) is 0 Å². The van der Waals surface area contributed by atoms with Crippen LogP contribution in [0.2, 0.25) is 0 Å². The van der Waals surface area contributed by atoms with E-state index in [-0.39, 0.29) is 23.7 Å². The van der Waals surface area contributed by atoms with Gasteiger partial charge < -0.3 is 10.6 Å². The maximum absolute atomic E-state index is 12.4. The lowest BCUT2D eigenvalue weighted by Crippen LogP contribution is -2.43. The van der Waals surface area contributed by atoms with E-state index in [4.69, 9.17) is 0 Å². The second kappa shape index (κ2) is 8.87. The van der Waals surface area contributed by atoms with Gasteiger partial charge in [0.05, 0.1) is 0 Å². The quantitative estimate of drug-likeness (QED) is 0.824. The fourth-order valence-electron chi connectivity index (χ4n) is 4.75. The van der Waals surface area contributed by atoms with Crippen molar-refractivity contribution in [3.05, 3.63) is 0 Å². The maximum Gasteiger partial charge on any atom is 0.223 e. The number of rotatable bonds is 4. The van der Waals surface area contributed by atoms with Crippen LogP contribution in [0, 0.1) is 11.8 Å². The lowest BCUT2D eigenvalue weighted by molar-refractivity contribution is -0.131. The third-order valence-corrected chi connectivity index (χ3v) is 6.37. The Morgan fingerprint density at radius 2 is 0.833 bits per heavy atom. The van der Waals surface area contributed by atoms with Crippen molar-refractivity contribution >= 4 is 11.8 Å². The van der Waals surface area contributed by atoms with Gasteiger partial charge in [-0.05, 0) is 51.4 Å². The predicted molar refractivity (Wildman–Crippen MR) is 95.5 cm³/mol. The van der Waals surface area contributed by atoms with Crippen LogP contribution in [0.15, 0.2) is 0 Å². The minimum Gasteiger partial charge on any atom is -0.353 e. The van der Waals surface area contributed by atoms with E-state index < -0.39 is 0 Å². The standard InChI is InChI=1S/C20H34N2O2/c23-19(21-17-7-3-1-4-8-17)15-11-13-16(14-12-15)20(24)22-18-9-5-2-6-10-18/h15-18H,1-14H2,(H,21,23)(H,22,24). The zero-order valence-electron chi connectivity index (χ0n) is 15.0. The summed E-state index contributed by atoms with van der Waals surface area (Å²) in [6, 6.07) is 0.803. The van der Waals surface area contributed by atoms with E-state index in [1.807, 2.05) is 0 Å². The van der Waals surface area contributed by atoms with Crippen LogP contribution in [0.4, 0.5) is 0 Å². The molecule has 2 N–H and O–H groups in total. The van der Waals surface area contributed by atoms with Crippen molar-refractivity contribution in [3.63, 3.8) is 0 Å². The molecule has 3 fully saturated rings. The Labute approximate surface area is 146 Å². The molecule has 136 valence electrons. The summed E-state index contributed by atoms with van der Waals surface area (Å²) in [5.74, 6) is 0.748. The Morgan fingerprint density at radius 3 is 1.17 bits per heavy atom. The summed E-state index contributed by atoms with van der Waals surface area (Å²) in [6.45, 7) is 0. The monoisotopic (exact) mass is 334 g/mol. The summed E-state index contributed by atoms with van der Waals surface area (Å²) in [5, 5.41) is 6.52. The summed E-state index contributed by atoms with van der Waals surface area (Å²) in [4.78, 5) is 24.9. The minimum atomic E-state index is 0.130. The third kappa shape index (κ3) is 4.97. The Balaban J connectivity index is 1.38. The van der Waals surface area contributed by atoms with E-state index in [1.54, 1.807) is 0 Å². The van der Waals surface area contributed by atoms with Crippen molar-refractivity contribution < 1.29 is 9.59 Å². The first-order chi connectivity index (χ1) is 11.7. The molecular weight excluding hydrogens is 300 g/mol. The molecule has 0 aromatic heterocycles. The van der Waals surface area contributed by atoms with Gasteiger partial charge >= 0.3 is 0 Å². The average molecular weight is 335 g/mol. The first-order valence-electron chi connectivity index (χ1n) is 10.3. The van der Waals surface area contributed by atoms with Gasteiger partial charge in [0.25, 0.3) is 0 Å². The topological polar surface area (TPSA) is 58.2 Å². The van der Waals surface area contributed by atoms with Gasteiger partial charge in [-0.2, -0.15) is 0 Å². The van der Waals surface area contributed by atoms with Crippen molar-refractivity contribution in [2.24, 2.45) is 11.8 Å². The van der Waals surface area contributed by atoms with Crippen molar-refractivity contribution in [3.8, 4) is 0 Å². The summed E-state index contributed by atoms with van der Waals surface area (Å²) in [7, 11) is 0. The molecule has 3 saturated carbocycles. The number of hydrogen-bond donors (Lipinski definition) is 2. The van der Waals surface area contributed by atoms with Gasteiger partial charge in [-0.15, -0.1) is 0 Å². The van der Waals surface area contributed by atoms with Gasteiger partial charge in [-0.3, -0.25) is 9.59 Å². The molecule has 0 aromatic carbocycles. The van der Waals surface area contributed by atoms with Crippen LogP contribution < -0.4 is 10.6 Å². The molecule has 0 radical (unpaired) electrons. The highest BCUT2D eigenvalue weighted by molar-refractivity contribution is 5.81. The minimum absolute atomic E-state index is 0.130. The molecule has 3 aliphatic carbocycles. The van der Waals surface area contributed by atoms with Gasteiger partial charge in [0, 0.05) is 23.9 Å². The van der Waals surface area contributed by atoms with E-state index in [2.05, 4.69) is 10.6 Å². The highest BCUT2D eigenvalue weighted by atomic mass is 16.2. The lowest BCUT2D eigenvalue weighted by Gasteiger charge is -2.31. The third-order valence-electron chi connectivity index (χ3n) is 6.37. The van der Waals surface area contributed by atoms with Crippen LogP contribution in [-0.4, -0.2) is 23.9 Å². The number of amides is 2. The molecular formula is C20H34N2O2. The van der Waals surface area contributed by atoms with Crippen LogP contribution in [0.1, 0.15) is 89.9 Å². The normalized spacial score (nSPS) is 29.8. The molecule has 0 bridgehead atoms. The molecule has 0 aromatic rings. The molecule has 0 aliphatic heterocycles. The highest BCUT2D eigenvalue weighted by Gasteiger charge is 2.31. The van der Waals surface area contributed by atoms with Crippen molar-refractivity contribution in [2.45, 2.75) is 102 Å². The highest BCUT2D eigenvalue weighted by Crippen LogP contribution is 2.30. The van der Waals surface area contributed by atoms with Crippen molar-refractivity contribution in [2.75, 3.05) is 0 Å². The fraction of sp³-hybridized carbons (Fsp3) is 0.900. The molecule has 0 unspecified atom stereocenters. The van der Waals surface area contributed by atoms with Crippen LogP contribution >= 0.6 is 0 Å². The van der Waals surface area contributed by atoms with E-state index in [0.29, 0.717) is 12.1 Å². The number of carbonyl (C=O) groups excluding carboxylic acids is 2. The second-order valence-corrected chi connectivity index (χ2v) is 8.24. The van der Waals surface area contributed by atoms with Crippen LogP contribution in [0.25, 0.3) is 0 Å². The summed E-state index contributed by atoms with van der Waals surface area (Å²) in [5.41, 5.74) is 0. The largest absolute Gasteiger partial charge is 0.353 e. The van der Waals surface area contributed by atoms with Gasteiger partial charge in [-0.25, -0.2) is 0 Å². The summed E-state index contributed by atoms with van der Waals surface area (Å²) in [6.07, 6.45) is 15.7. The average Bonchev–Trinajstić information content (AvgIpc) is 2.63. The Hall–Kier alpha value is -1.06. The van der Waals surface area contributed by atoms with Gasteiger partial charge in [0.15, 0.2) is 0 Å². The zero-order valence-corrected chi connectivity index (χ0v) is 15.0. The molecule has 0 saturated heterocycles. The number of nitrogens with one attached hydrogen (secondary N) is 2. The van der Waals surface area contributed by atoms with Crippen molar-refractivity contribution in [1.82, 2.24) is 10.6 Å². The zero-order chi connectivity index (χ0) is 16.8. The van der Waals surface area contributed by atoms with Gasteiger partial charge in [0.2, 0.25) is 11.8 Å². The van der Waals surface area contributed by atoms with Gasteiger partial charge in [-0.1, -0.05) is 38.5 Å². The molecule has 24 heavy (non-hydrogen) atoms. The molecule has 0 heterocycles. The molecule has 2 amide bonds. The first kappa shape index (κ1) is 17.8. The van der Waals surface area contributed by atoms with Crippen molar-refractivity contribution in [1.29, 1.82) is 0 Å². The molecule has 4 nitrogen and oxygen atoms in total. The Kier molecular flexibility index (Phi) is 6.56. The fourth-order valence-corrected chi connectivity index (χ4v) is 4.75. The number of carbonyl (C=O) groups is 2. The van der Waals surface area contributed by atoms with E-state index in [0.717, 1.165) is 51.4 Å². The molecule has 3 aliphatic rings. The van der Waals surface area contributed by atoms with Crippen LogP contribution in [0.3, 0.4) is 0 Å². The maximum atomic E-state index is 12.4. The predicted octanol–water partition coefficient (Wildman–Crippen LogP) is 3.69. The molecule has 3 rings (SSSR count). The number of hydrogen-bond acceptors (Lipinski definition) is 2. The molecule has 0 atom stereocenters. The summed E-state index contributed by atoms with van der Waals surface area (Å²) >= 11 is 0. The van der Waals surface area contributed by atoms with Crippen LogP contribution in [-0.2, 0) is 9.59 Å². The first-order valence-corrected chi connectivity index (χ1v) is 10.3. The lowest BCUT2D eigenvalue weighted by atomic mass is 9.80. The SMILES string of the molecule is O=C(NC1CCCCC1)C1CCC(C(=O)NC2CCCCC2)CC1. The van der Waals surface area contributed by atoms with E-state index in [1.165, 1.54) is 38.5 Å².